The van der Waals surface area contributed by atoms with Gasteiger partial charge in [-0.1, -0.05) is 5.16 Å². The molecule has 1 atom stereocenters. The van der Waals surface area contributed by atoms with E-state index in [2.05, 4.69) is 22.1 Å². The predicted molar refractivity (Wildman–Crippen MR) is 72.5 cm³/mol. The number of rotatable bonds is 3. The SMILES string of the molecule is COc1ccc(-c2nc(C3CN(C)CCO3)no2)cc1. The average molecular weight is 275 g/mol. The fourth-order valence-corrected chi connectivity index (χ4v) is 2.15. The number of hydrogen-bond acceptors (Lipinski definition) is 6. The molecule has 0 N–H and O–H groups in total. The van der Waals surface area contributed by atoms with Crippen LogP contribution in [0, 0.1) is 0 Å². The highest BCUT2D eigenvalue weighted by Crippen LogP contribution is 2.24. The molecule has 1 saturated heterocycles. The Kier molecular flexibility index (Phi) is 3.66. The summed E-state index contributed by atoms with van der Waals surface area (Å²) in [5.41, 5.74) is 0.869. The number of aromatic nitrogens is 2. The van der Waals surface area contributed by atoms with Crippen LogP contribution in [-0.4, -0.2) is 48.9 Å². The van der Waals surface area contributed by atoms with Gasteiger partial charge in [0.15, 0.2) is 0 Å². The second kappa shape index (κ2) is 5.60. The summed E-state index contributed by atoms with van der Waals surface area (Å²) in [4.78, 5) is 6.62. The lowest BCUT2D eigenvalue weighted by Gasteiger charge is -2.27. The van der Waals surface area contributed by atoms with Gasteiger partial charge in [0.05, 0.1) is 13.7 Å². The van der Waals surface area contributed by atoms with Crippen molar-refractivity contribution in [1.29, 1.82) is 0 Å². The molecule has 1 aromatic heterocycles. The number of ether oxygens (including phenoxy) is 2. The second-order valence-corrected chi connectivity index (χ2v) is 4.81. The van der Waals surface area contributed by atoms with Gasteiger partial charge >= 0.3 is 0 Å². The molecule has 0 radical (unpaired) electrons. The number of morpholine rings is 1. The van der Waals surface area contributed by atoms with Crippen LogP contribution >= 0.6 is 0 Å². The molecular formula is C14H17N3O3. The largest absolute Gasteiger partial charge is 0.497 e. The van der Waals surface area contributed by atoms with Crippen LogP contribution in [0.4, 0.5) is 0 Å². The van der Waals surface area contributed by atoms with E-state index in [1.54, 1.807) is 7.11 Å². The van der Waals surface area contributed by atoms with Gasteiger partial charge in [-0.15, -0.1) is 0 Å². The first kappa shape index (κ1) is 13.1. The van der Waals surface area contributed by atoms with Gasteiger partial charge in [0.1, 0.15) is 11.9 Å². The summed E-state index contributed by atoms with van der Waals surface area (Å²) in [6.07, 6.45) is -0.121. The van der Waals surface area contributed by atoms with Crippen molar-refractivity contribution in [2.24, 2.45) is 0 Å². The zero-order valence-electron chi connectivity index (χ0n) is 11.6. The first-order valence-corrected chi connectivity index (χ1v) is 6.54. The quantitative estimate of drug-likeness (QED) is 0.850. The molecule has 1 aromatic carbocycles. The zero-order valence-corrected chi connectivity index (χ0v) is 11.6. The van der Waals surface area contributed by atoms with Crippen LogP contribution in [0.5, 0.6) is 5.75 Å². The lowest BCUT2D eigenvalue weighted by molar-refractivity contribution is -0.0264. The molecule has 1 fully saturated rings. The van der Waals surface area contributed by atoms with Crippen LogP contribution in [0.15, 0.2) is 28.8 Å². The molecule has 6 nitrogen and oxygen atoms in total. The Bertz CT molecular complexity index is 567. The molecule has 106 valence electrons. The zero-order chi connectivity index (χ0) is 13.9. The van der Waals surface area contributed by atoms with Crippen LogP contribution in [-0.2, 0) is 4.74 Å². The number of likely N-dealkylation sites (N-methyl/N-ethyl adjacent to an activating group) is 1. The summed E-state index contributed by atoms with van der Waals surface area (Å²) in [6.45, 7) is 2.40. The summed E-state index contributed by atoms with van der Waals surface area (Å²) in [5, 5.41) is 4.02. The normalized spacial score (nSPS) is 20.0. The smallest absolute Gasteiger partial charge is 0.258 e. The van der Waals surface area contributed by atoms with Gasteiger partial charge in [-0.2, -0.15) is 4.98 Å². The van der Waals surface area contributed by atoms with Crippen molar-refractivity contribution >= 4 is 0 Å². The second-order valence-electron chi connectivity index (χ2n) is 4.81. The monoisotopic (exact) mass is 275 g/mol. The fourth-order valence-electron chi connectivity index (χ4n) is 2.15. The molecule has 20 heavy (non-hydrogen) atoms. The van der Waals surface area contributed by atoms with E-state index >= 15 is 0 Å². The van der Waals surface area contributed by atoms with Gasteiger partial charge in [0, 0.05) is 18.7 Å². The molecule has 0 spiro atoms. The maximum Gasteiger partial charge on any atom is 0.258 e. The molecule has 1 unspecified atom stereocenters. The van der Waals surface area contributed by atoms with E-state index in [1.165, 1.54) is 0 Å². The summed E-state index contributed by atoms with van der Waals surface area (Å²) in [5.74, 6) is 1.90. The number of hydrogen-bond donors (Lipinski definition) is 0. The third kappa shape index (κ3) is 2.66. The Morgan fingerprint density at radius 1 is 1.30 bits per heavy atom. The number of nitrogens with zero attached hydrogens (tertiary/aromatic N) is 3. The molecule has 3 rings (SSSR count). The number of benzene rings is 1. The van der Waals surface area contributed by atoms with Crippen LogP contribution in [0.2, 0.25) is 0 Å². The lowest BCUT2D eigenvalue weighted by Crippen LogP contribution is -2.35. The van der Waals surface area contributed by atoms with Crippen molar-refractivity contribution in [2.45, 2.75) is 6.10 Å². The van der Waals surface area contributed by atoms with E-state index in [0.29, 0.717) is 18.3 Å². The van der Waals surface area contributed by atoms with E-state index in [-0.39, 0.29) is 6.10 Å². The van der Waals surface area contributed by atoms with Crippen molar-refractivity contribution in [2.75, 3.05) is 33.9 Å². The first-order valence-electron chi connectivity index (χ1n) is 6.54. The molecule has 0 saturated carbocycles. The Balaban J connectivity index is 1.78. The van der Waals surface area contributed by atoms with Gasteiger partial charge in [0.2, 0.25) is 5.82 Å². The standard InChI is InChI=1S/C14H17N3O3/c1-17-7-8-19-12(9-17)13-15-14(20-16-13)10-3-5-11(18-2)6-4-10/h3-6,12H,7-9H2,1-2H3. The fraction of sp³-hybridized carbons (Fsp3) is 0.429. The van der Waals surface area contributed by atoms with Crippen molar-refractivity contribution < 1.29 is 14.0 Å². The molecule has 2 aromatic rings. The van der Waals surface area contributed by atoms with Crippen LogP contribution in [0.1, 0.15) is 11.9 Å². The first-order chi connectivity index (χ1) is 9.76. The van der Waals surface area contributed by atoms with Gasteiger partial charge in [0.25, 0.3) is 5.89 Å². The molecule has 0 amide bonds. The third-order valence-corrected chi connectivity index (χ3v) is 3.34. The Hall–Kier alpha value is -1.92. The third-order valence-electron chi connectivity index (χ3n) is 3.34. The van der Waals surface area contributed by atoms with E-state index in [9.17, 15) is 0 Å². The topological polar surface area (TPSA) is 60.6 Å². The highest BCUT2D eigenvalue weighted by molar-refractivity contribution is 5.54. The predicted octanol–water partition coefficient (Wildman–Crippen LogP) is 1.75. The van der Waals surface area contributed by atoms with Crippen molar-refractivity contribution in [3.05, 3.63) is 30.1 Å². The summed E-state index contributed by atoms with van der Waals surface area (Å²) in [6, 6.07) is 7.52. The Morgan fingerprint density at radius 3 is 2.80 bits per heavy atom. The minimum absolute atomic E-state index is 0.121. The minimum Gasteiger partial charge on any atom is -0.497 e. The van der Waals surface area contributed by atoms with E-state index in [1.807, 2.05) is 24.3 Å². The van der Waals surface area contributed by atoms with E-state index in [4.69, 9.17) is 14.0 Å². The Labute approximate surface area is 117 Å². The van der Waals surface area contributed by atoms with Crippen LogP contribution in [0.3, 0.4) is 0 Å². The molecular weight excluding hydrogens is 258 g/mol. The van der Waals surface area contributed by atoms with E-state index < -0.39 is 0 Å². The molecule has 1 aliphatic rings. The van der Waals surface area contributed by atoms with Gasteiger partial charge in [-0.3, -0.25) is 0 Å². The maximum absolute atomic E-state index is 5.67. The lowest BCUT2D eigenvalue weighted by atomic mass is 10.2. The highest BCUT2D eigenvalue weighted by Gasteiger charge is 2.24. The van der Waals surface area contributed by atoms with Gasteiger partial charge < -0.3 is 18.9 Å². The molecule has 6 heteroatoms. The molecule has 2 heterocycles. The molecule has 0 aliphatic carbocycles. The summed E-state index contributed by atoms with van der Waals surface area (Å²) < 4.78 is 16.1. The molecule has 0 bridgehead atoms. The maximum atomic E-state index is 5.67. The summed E-state index contributed by atoms with van der Waals surface area (Å²) in [7, 11) is 3.69. The van der Waals surface area contributed by atoms with Crippen LogP contribution < -0.4 is 4.74 Å². The summed E-state index contributed by atoms with van der Waals surface area (Å²) >= 11 is 0. The van der Waals surface area contributed by atoms with Crippen molar-refractivity contribution in [3.8, 4) is 17.2 Å². The van der Waals surface area contributed by atoms with Gasteiger partial charge in [-0.25, -0.2) is 0 Å². The minimum atomic E-state index is -0.121. The average Bonchev–Trinajstić information content (AvgIpc) is 2.97. The van der Waals surface area contributed by atoms with Crippen molar-refractivity contribution in [3.63, 3.8) is 0 Å². The van der Waals surface area contributed by atoms with E-state index in [0.717, 1.165) is 24.4 Å². The molecule has 1 aliphatic heterocycles. The van der Waals surface area contributed by atoms with Crippen LogP contribution in [0.25, 0.3) is 11.5 Å². The Morgan fingerprint density at radius 2 is 2.10 bits per heavy atom. The van der Waals surface area contributed by atoms with Crippen molar-refractivity contribution in [1.82, 2.24) is 15.0 Å². The highest BCUT2D eigenvalue weighted by atomic mass is 16.5. The van der Waals surface area contributed by atoms with Gasteiger partial charge in [-0.05, 0) is 31.3 Å². The number of methoxy groups -OCH3 is 1.